The number of nitrogens with one attached hydrogen (secondary N) is 1. The smallest absolute Gasteiger partial charge is 0.246 e. The van der Waals surface area contributed by atoms with E-state index in [4.69, 9.17) is 0 Å². The Morgan fingerprint density at radius 3 is 2.36 bits per heavy atom. The minimum Gasteiger partial charge on any atom is -0.357 e. The van der Waals surface area contributed by atoms with Crippen molar-refractivity contribution in [2.24, 2.45) is 5.92 Å². The molecule has 5 nitrogen and oxygen atoms in total. The summed E-state index contributed by atoms with van der Waals surface area (Å²) in [4.78, 5) is 24.0. The number of hydroxylamine groups is 2. The predicted molar refractivity (Wildman–Crippen MR) is 93.4 cm³/mol. The van der Waals surface area contributed by atoms with Crippen molar-refractivity contribution in [3.63, 3.8) is 0 Å². The number of benzene rings is 1. The Labute approximate surface area is 145 Å². The first-order valence-electron chi connectivity index (χ1n) is 7.32. The van der Waals surface area contributed by atoms with Crippen molar-refractivity contribution in [3.05, 3.63) is 33.4 Å². The van der Waals surface area contributed by atoms with Gasteiger partial charge in [-0.2, -0.15) is 0 Å². The molecule has 2 N–H and O–H groups in total. The van der Waals surface area contributed by atoms with Crippen LogP contribution in [0.1, 0.15) is 32.3 Å². The van der Waals surface area contributed by atoms with E-state index >= 15 is 0 Å². The van der Waals surface area contributed by atoms with Crippen molar-refractivity contribution < 1.29 is 14.8 Å². The van der Waals surface area contributed by atoms with Crippen LogP contribution in [0.4, 0.5) is 0 Å². The molecule has 0 radical (unpaired) electrons. The van der Waals surface area contributed by atoms with Gasteiger partial charge in [0.2, 0.25) is 11.8 Å². The summed E-state index contributed by atoms with van der Waals surface area (Å²) in [6, 6.07) is 6.73. The van der Waals surface area contributed by atoms with Gasteiger partial charge in [0.15, 0.2) is 0 Å². The average Bonchev–Trinajstić information content (AvgIpc) is 2.50. The second-order valence-corrected chi connectivity index (χ2v) is 6.88. The first kappa shape index (κ1) is 18.9. The second-order valence-electron chi connectivity index (χ2n) is 5.63. The molecule has 1 atom stereocenters. The number of nitrogens with zero attached hydrogens (tertiary/aromatic N) is 1. The van der Waals surface area contributed by atoms with Crippen LogP contribution in [0.3, 0.4) is 0 Å². The third kappa shape index (κ3) is 5.92. The quantitative estimate of drug-likeness (QED) is 0.407. The topological polar surface area (TPSA) is 69.6 Å². The third-order valence-corrected chi connectivity index (χ3v) is 4.10. The zero-order chi connectivity index (χ0) is 16.7. The first-order chi connectivity index (χ1) is 10.3. The summed E-state index contributed by atoms with van der Waals surface area (Å²) in [5.41, 5.74) is 0.893. The molecule has 0 heterocycles. The number of amides is 2. The monoisotopic (exact) mass is 418 g/mol. The molecule has 1 aromatic carbocycles. The van der Waals surface area contributed by atoms with Crippen LogP contribution in [0.25, 0.3) is 0 Å². The summed E-state index contributed by atoms with van der Waals surface area (Å²) in [6.45, 7) is 4.02. The summed E-state index contributed by atoms with van der Waals surface area (Å²) >= 11 is 2.20. The molecule has 0 aromatic heterocycles. The molecular formula is C16H23IN2O3. The highest BCUT2D eigenvalue weighted by Crippen LogP contribution is 2.13. The number of hydrogen-bond donors (Lipinski definition) is 2. The Bertz CT molecular complexity index is 503. The normalized spacial score (nSPS) is 12.1. The molecule has 122 valence electrons. The number of halogens is 1. The Morgan fingerprint density at radius 2 is 1.86 bits per heavy atom. The van der Waals surface area contributed by atoms with Gasteiger partial charge in [-0.15, -0.1) is 0 Å². The van der Waals surface area contributed by atoms with Crippen LogP contribution in [0, 0.1) is 9.49 Å². The maximum atomic E-state index is 12.0. The lowest BCUT2D eigenvalue weighted by Crippen LogP contribution is -2.48. The molecule has 2 amide bonds. The van der Waals surface area contributed by atoms with Gasteiger partial charge in [-0.3, -0.25) is 14.8 Å². The fourth-order valence-electron chi connectivity index (χ4n) is 2.00. The predicted octanol–water partition coefficient (Wildman–Crippen LogP) is 2.60. The molecule has 0 aliphatic carbocycles. The first-order valence-corrected chi connectivity index (χ1v) is 8.40. The van der Waals surface area contributed by atoms with E-state index in [0.717, 1.165) is 9.13 Å². The van der Waals surface area contributed by atoms with Crippen molar-refractivity contribution in [1.29, 1.82) is 0 Å². The summed E-state index contributed by atoms with van der Waals surface area (Å²) in [7, 11) is 1.50. The Morgan fingerprint density at radius 1 is 1.27 bits per heavy atom. The number of likely N-dealkylation sites (N-methyl/N-ethyl adjacent to an activating group) is 1. The van der Waals surface area contributed by atoms with Crippen molar-refractivity contribution >= 4 is 34.4 Å². The molecule has 0 aliphatic heterocycles. The van der Waals surface area contributed by atoms with Gasteiger partial charge in [-0.05, 0) is 52.6 Å². The van der Waals surface area contributed by atoms with Gasteiger partial charge < -0.3 is 5.32 Å². The summed E-state index contributed by atoms with van der Waals surface area (Å²) in [6.07, 6.45) is 1.19. The van der Waals surface area contributed by atoms with Crippen LogP contribution in [-0.4, -0.2) is 35.2 Å². The maximum absolute atomic E-state index is 12.0. The van der Waals surface area contributed by atoms with Crippen LogP contribution >= 0.6 is 22.6 Å². The molecule has 0 spiro atoms. The number of carbonyl (C=O) groups is 2. The molecule has 0 bridgehead atoms. The lowest BCUT2D eigenvalue weighted by atomic mass is 10.0. The number of carbonyl (C=O) groups excluding carboxylic acids is 2. The van der Waals surface area contributed by atoms with Gasteiger partial charge in [0, 0.05) is 23.5 Å². The van der Waals surface area contributed by atoms with Gasteiger partial charge in [0.25, 0.3) is 0 Å². The van der Waals surface area contributed by atoms with Crippen LogP contribution in [0.15, 0.2) is 24.3 Å². The summed E-state index contributed by atoms with van der Waals surface area (Å²) in [5.74, 6) is -0.432. The molecule has 22 heavy (non-hydrogen) atoms. The van der Waals surface area contributed by atoms with Gasteiger partial charge >= 0.3 is 0 Å². The molecule has 1 aromatic rings. The molecule has 0 unspecified atom stereocenters. The molecule has 6 heteroatoms. The fourth-order valence-corrected chi connectivity index (χ4v) is 2.36. The summed E-state index contributed by atoms with van der Waals surface area (Å²) < 4.78 is 1.09. The van der Waals surface area contributed by atoms with E-state index in [1.54, 1.807) is 0 Å². The van der Waals surface area contributed by atoms with Crippen molar-refractivity contribution in [3.8, 4) is 0 Å². The van der Waals surface area contributed by atoms with E-state index in [1.165, 1.54) is 7.05 Å². The van der Waals surface area contributed by atoms with E-state index in [2.05, 4.69) is 27.9 Å². The SMILES string of the molecule is CNC(=O)[C@H](Cc1ccc(I)cc1)N(O)C(=O)CCC(C)C. The minimum atomic E-state index is -0.912. The van der Waals surface area contributed by atoms with Gasteiger partial charge in [-0.25, -0.2) is 5.06 Å². The largest absolute Gasteiger partial charge is 0.357 e. The minimum absolute atomic E-state index is 0.231. The molecular weight excluding hydrogens is 395 g/mol. The lowest BCUT2D eigenvalue weighted by Gasteiger charge is -2.25. The molecule has 1 rings (SSSR count). The highest BCUT2D eigenvalue weighted by Gasteiger charge is 2.28. The maximum Gasteiger partial charge on any atom is 0.246 e. The third-order valence-electron chi connectivity index (χ3n) is 3.38. The average molecular weight is 418 g/mol. The van der Waals surface area contributed by atoms with Gasteiger partial charge in [0.05, 0.1) is 0 Å². The molecule has 0 saturated carbocycles. The van der Waals surface area contributed by atoms with Gasteiger partial charge in [0.1, 0.15) is 6.04 Å². The van der Waals surface area contributed by atoms with Gasteiger partial charge in [-0.1, -0.05) is 26.0 Å². The zero-order valence-corrected chi connectivity index (χ0v) is 15.3. The van der Waals surface area contributed by atoms with E-state index in [9.17, 15) is 14.8 Å². The van der Waals surface area contributed by atoms with Crippen molar-refractivity contribution in [1.82, 2.24) is 10.4 Å². The van der Waals surface area contributed by atoms with E-state index in [1.807, 2.05) is 38.1 Å². The van der Waals surface area contributed by atoms with Crippen LogP contribution in [0.2, 0.25) is 0 Å². The van der Waals surface area contributed by atoms with Crippen LogP contribution in [-0.2, 0) is 16.0 Å². The van der Waals surface area contributed by atoms with E-state index in [-0.39, 0.29) is 18.7 Å². The Balaban J connectivity index is 2.81. The van der Waals surface area contributed by atoms with Crippen molar-refractivity contribution in [2.75, 3.05) is 7.05 Å². The standard InChI is InChI=1S/C16H23IN2O3/c1-11(2)4-9-15(20)19(22)14(16(21)18-3)10-12-5-7-13(17)8-6-12/h5-8,11,14,22H,4,9-10H2,1-3H3,(H,18,21)/t14-/m0/s1. The molecule has 0 aliphatic rings. The Kier molecular flexibility index (Phi) is 7.81. The van der Waals surface area contributed by atoms with Crippen LogP contribution < -0.4 is 5.32 Å². The van der Waals surface area contributed by atoms with Crippen LogP contribution in [0.5, 0.6) is 0 Å². The fraction of sp³-hybridized carbons (Fsp3) is 0.500. The Hall–Kier alpha value is -1.15. The lowest BCUT2D eigenvalue weighted by molar-refractivity contribution is -0.180. The summed E-state index contributed by atoms with van der Waals surface area (Å²) in [5, 5.41) is 13.2. The van der Waals surface area contributed by atoms with Crippen molar-refractivity contribution in [2.45, 2.75) is 39.2 Å². The number of hydrogen-bond acceptors (Lipinski definition) is 3. The molecule has 0 saturated heterocycles. The van der Waals surface area contributed by atoms with E-state index in [0.29, 0.717) is 17.4 Å². The second kappa shape index (κ2) is 9.09. The highest BCUT2D eigenvalue weighted by atomic mass is 127. The zero-order valence-electron chi connectivity index (χ0n) is 13.2. The van der Waals surface area contributed by atoms with E-state index < -0.39 is 11.9 Å². The molecule has 0 fully saturated rings. The number of rotatable bonds is 7. The highest BCUT2D eigenvalue weighted by molar-refractivity contribution is 14.1.